The van der Waals surface area contributed by atoms with Gasteiger partial charge in [0.2, 0.25) is 0 Å². The average Bonchev–Trinajstić information content (AvgIpc) is 2.78. The molecule has 0 aliphatic heterocycles. The van der Waals surface area contributed by atoms with Gasteiger partial charge in [0.15, 0.2) is 0 Å². The van der Waals surface area contributed by atoms with Crippen molar-refractivity contribution in [3.05, 3.63) is 89.2 Å². The van der Waals surface area contributed by atoms with Crippen molar-refractivity contribution in [2.45, 2.75) is 20.4 Å². The smallest absolute Gasteiger partial charge is 0.338 e. The zero-order chi connectivity index (χ0) is 21.5. The summed E-state index contributed by atoms with van der Waals surface area (Å²) >= 11 is 0. The molecule has 6 heteroatoms. The maximum Gasteiger partial charge on any atom is 0.338 e. The Balaban J connectivity index is 2.00. The van der Waals surface area contributed by atoms with Gasteiger partial charge >= 0.3 is 5.97 Å². The number of carbonyl (C=O) groups excluding carboxylic acids is 2. The monoisotopic (exact) mass is 404 g/mol. The Morgan fingerprint density at radius 1 is 1.03 bits per heavy atom. The Labute approximate surface area is 176 Å². The minimum absolute atomic E-state index is 0.205. The maximum absolute atomic E-state index is 13.5. The van der Waals surface area contributed by atoms with Crippen molar-refractivity contribution in [3.8, 4) is 5.75 Å². The van der Waals surface area contributed by atoms with E-state index in [9.17, 15) is 9.59 Å². The second-order valence-corrected chi connectivity index (χ2v) is 6.68. The van der Waals surface area contributed by atoms with Crippen LogP contribution in [0.15, 0.2) is 67.0 Å². The Morgan fingerprint density at radius 3 is 2.43 bits per heavy atom. The van der Waals surface area contributed by atoms with E-state index in [4.69, 9.17) is 9.47 Å². The number of anilines is 1. The second kappa shape index (κ2) is 9.69. The minimum Gasteiger partial charge on any atom is -0.496 e. The van der Waals surface area contributed by atoms with Crippen LogP contribution in [0.1, 0.15) is 38.8 Å². The van der Waals surface area contributed by atoms with Gasteiger partial charge in [0, 0.05) is 18.1 Å². The fourth-order valence-electron chi connectivity index (χ4n) is 3.18. The van der Waals surface area contributed by atoms with Crippen LogP contribution in [-0.2, 0) is 11.3 Å². The molecule has 30 heavy (non-hydrogen) atoms. The lowest BCUT2D eigenvalue weighted by Gasteiger charge is -2.24. The molecule has 0 bridgehead atoms. The molecule has 0 atom stereocenters. The Hall–Kier alpha value is -3.67. The van der Waals surface area contributed by atoms with Gasteiger partial charge < -0.3 is 14.4 Å². The topological polar surface area (TPSA) is 68.7 Å². The van der Waals surface area contributed by atoms with Crippen molar-refractivity contribution in [1.29, 1.82) is 0 Å². The maximum atomic E-state index is 13.5. The van der Waals surface area contributed by atoms with Crippen LogP contribution in [0.3, 0.4) is 0 Å². The van der Waals surface area contributed by atoms with Gasteiger partial charge in [-0.15, -0.1) is 0 Å². The molecular formula is C24H24N2O4. The Kier molecular flexibility index (Phi) is 6.80. The van der Waals surface area contributed by atoms with Crippen molar-refractivity contribution in [2.75, 3.05) is 18.6 Å². The van der Waals surface area contributed by atoms with Gasteiger partial charge in [-0.2, -0.15) is 0 Å². The summed E-state index contributed by atoms with van der Waals surface area (Å²) in [6, 6.07) is 16.0. The fourth-order valence-corrected chi connectivity index (χ4v) is 3.18. The van der Waals surface area contributed by atoms with E-state index in [1.165, 1.54) is 0 Å². The number of nitrogens with zero attached hydrogens (tertiary/aromatic N) is 2. The van der Waals surface area contributed by atoms with Gasteiger partial charge in [0.05, 0.1) is 31.4 Å². The first-order valence-electron chi connectivity index (χ1n) is 9.66. The highest BCUT2D eigenvalue weighted by Gasteiger charge is 2.23. The third-order valence-corrected chi connectivity index (χ3v) is 4.65. The van der Waals surface area contributed by atoms with Crippen LogP contribution in [0.25, 0.3) is 0 Å². The molecule has 0 radical (unpaired) electrons. The predicted molar refractivity (Wildman–Crippen MR) is 115 cm³/mol. The molecule has 0 saturated heterocycles. The first-order valence-corrected chi connectivity index (χ1v) is 9.66. The highest BCUT2D eigenvalue weighted by molar-refractivity contribution is 6.08. The summed E-state index contributed by atoms with van der Waals surface area (Å²) in [5.41, 5.74) is 3.31. The van der Waals surface area contributed by atoms with Crippen LogP contribution in [0.4, 0.5) is 5.69 Å². The van der Waals surface area contributed by atoms with Crippen LogP contribution in [0.2, 0.25) is 0 Å². The average molecular weight is 404 g/mol. The predicted octanol–water partition coefficient (Wildman–Crippen LogP) is 4.42. The number of hydrogen-bond acceptors (Lipinski definition) is 5. The van der Waals surface area contributed by atoms with Gasteiger partial charge in [0.1, 0.15) is 5.75 Å². The number of aryl methyl sites for hydroxylation is 1. The Bertz CT molecular complexity index is 1020. The number of rotatable bonds is 7. The van der Waals surface area contributed by atoms with E-state index in [0.29, 0.717) is 35.7 Å². The molecule has 0 saturated carbocycles. The van der Waals surface area contributed by atoms with Crippen LogP contribution >= 0.6 is 0 Å². The fraction of sp³-hybridized carbons (Fsp3) is 0.208. The van der Waals surface area contributed by atoms with Crippen molar-refractivity contribution in [1.82, 2.24) is 4.98 Å². The number of esters is 1. The lowest BCUT2D eigenvalue weighted by atomic mass is 10.1. The number of para-hydroxylation sites is 1. The van der Waals surface area contributed by atoms with E-state index < -0.39 is 5.97 Å². The van der Waals surface area contributed by atoms with Gasteiger partial charge in [-0.1, -0.05) is 18.2 Å². The lowest BCUT2D eigenvalue weighted by molar-refractivity contribution is 0.0526. The van der Waals surface area contributed by atoms with Crippen LogP contribution in [0, 0.1) is 6.92 Å². The summed E-state index contributed by atoms with van der Waals surface area (Å²) in [6.45, 7) is 4.28. The van der Waals surface area contributed by atoms with E-state index in [1.54, 1.807) is 61.7 Å². The molecule has 1 heterocycles. The summed E-state index contributed by atoms with van der Waals surface area (Å²) in [7, 11) is 1.55. The summed E-state index contributed by atoms with van der Waals surface area (Å²) < 4.78 is 10.5. The highest BCUT2D eigenvalue weighted by Crippen LogP contribution is 2.28. The molecule has 1 aromatic heterocycles. The molecule has 0 spiro atoms. The number of hydrogen-bond donors (Lipinski definition) is 0. The summed E-state index contributed by atoms with van der Waals surface area (Å²) in [4.78, 5) is 31.3. The van der Waals surface area contributed by atoms with Crippen LogP contribution < -0.4 is 9.64 Å². The van der Waals surface area contributed by atoms with Gasteiger partial charge in [0.25, 0.3) is 5.91 Å². The molecule has 3 rings (SSSR count). The van der Waals surface area contributed by atoms with Crippen LogP contribution in [0.5, 0.6) is 5.75 Å². The zero-order valence-electron chi connectivity index (χ0n) is 17.3. The normalized spacial score (nSPS) is 10.4. The molecule has 0 aliphatic carbocycles. The largest absolute Gasteiger partial charge is 0.496 e. The summed E-state index contributed by atoms with van der Waals surface area (Å²) in [5.74, 6) is -0.0559. The summed E-state index contributed by atoms with van der Waals surface area (Å²) in [5, 5.41) is 0. The van der Waals surface area contributed by atoms with Crippen molar-refractivity contribution in [2.24, 2.45) is 0 Å². The number of amides is 1. The molecule has 154 valence electrons. The molecule has 1 amide bonds. The molecule has 3 aromatic rings. The molecule has 2 aromatic carbocycles. The zero-order valence-corrected chi connectivity index (χ0v) is 17.3. The molecule has 0 aliphatic rings. The number of pyridine rings is 1. The third-order valence-electron chi connectivity index (χ3n) is 4.65. The summed E-state index contributed by atoms with van der Waals surface area (Å²) in [6.07, 6.45) is 3.41. The lowest BCUT2D eigenvalue weighted by Crippen LogP contribution is -2.31. The highest BCUT2D eigenvalue weighted by atomic mass is 16.5. The van der Waals surface area contributed by atoms with Crippen molar-refractivity contribution >= 4 is 17.6 Å². The second-order valence-electron chi connectivity index (χ2n) is 6.68. The number of ether oxygens (including phenoxy) is 2. The molecule has 0 unspecified atom stereocenters. The quantitative estimate of drug-likeness (QED) is 0.545. The SMILES string of the molecule is CCOC(=O)c1ccc(N(Cc2cccnc2)C(=O)c2cccc(C)c2OC)cc1. The number of benzene rings is 2. The number of aromatic nitrogens is 1. The first-order chi connectivity index (χ1) is 14.5. The van der Waals surface area contributed by atoms with E-state index in [1.807, 2.05) is 31.2 Å². The third kappa shape index (κ3) is 4.66. The standard InChI is InChI=1S/C24H24N2O4/c1-4-30-24(28)19-10-12-20(13-11-19)26(16-18-8-6-14-25-15-18)23(27)21-9-5-7-17(2)22(21)29-3/h5-15H,4,16H2,1-3H3. The van der Waals surface area contributed by atoms with Crippen LogP contribution in [-0.4, -0.2) is 30.6 Å². The van der Waals surface area contributed by atoms with E-state index in [-0.39, 0.29) is 5.91 Å². The number of methoxy groups -OCH3 is 1. The molecular weight excluding hydrogens is 380 g/mol. The van der Waals surface area contributed by atoms with E-state index >= 15 is 0 Å². The van der Waals surface area contributed by atoms with Crippen molar-refractivity contribution < 1.29 is 19.1 Å². The van der Waals surface area contributed by atoms with E-state index in [2.05, 4.69) is 4.98 Å². The van der Waals surface area contributed by atoms with Gasteiger partial charge in [-0.3, -0.25) is 9.78 Å². The molecule has 6 nitrogen and oxygen atoms in total. The van der Waals surface area contributed by atoms with Gasteiger partial charge in [-0.25, -0.2) is 4.79 Å². The molecule has 0 N–H and O–H groups in total. The Morgan fingerprint density at radius 2 is 1.80 bits per heavy atom. The van der Waals surface area contributed by atoms with E-state index in [0.717, 1.165) is 11.1 Å². The first kappa shape index (κ1) is 21.0. The number of carbonyl (C=O) groups is 2. The molecule has 0 fully saturated rings. The van der Waals surface area contributed by atoms with Crippen molar-refractivity contribution in [3.63, 3.8) is 0 Å². The van der Waals surface area contributed by atoms with Gasteiger partial charge in [-0.05, 0) is 61.4 Å². The minimum atomic E-state index is -0.394.